The quantitative estimate of drug-likeness (QED) is 0.567. The van der Waals surface area contributed by atoms with Crippen LogP contribution in [0.15, 0.2) is 66.7 Å². The van der Waals surface area contributed by atoms with Crippen LogP contribution in [0.25, 0.3) is 10.8 Å². The smallest absolute Gasteiger partial charge is 0.251 e. The van der Waals surface area contributed by atoms with E-state index in [-0.39, 0.29) is 24.8 Å². The first-order chi connectivity index (χ1) is 15.5. The number of hydrogen-bond acceptors (Lipinski definition) is 4. The van der Waals surface area contributed by atoms with E-state index < -0.39 is 0 Å². The number of nitrogens with zero attached hydrogens (tertiary/aromatic N) is 3. The van der Waals surface area contributed by atoms with Crippen molar-refractivity contribution in [2.24, 2.45) is 0 Å². The van der Waals surface area contributed by atoms with Gasteiger partial charge in [-0.1, -0.05) is 42.5 Å². The van der Waals surface area contributed by atoms with Gasteiger partial charge in [0.05, 0.1) is 11.6 Å². The number of nitrogens with one attached hydrogen (secondary N) is 1. The summed E-state index contributed by atoms with van der Waals surface area (Å²) in [5.74, 6) is -0.203. The van der Waals surface area contributed by atoms with Crippen LogP contribution in [-0.4, -0.2) is 55.3 Å². The lowest BCUT2D eigenvalue weighted by atomic mass is 10.1. The van der Waals surface area contributed by atoms with Gasteiger partial charge in [-0.05, 0) is 54.7 Å². The number of carbonyl (C=O) groups excluding carboxylic acids is 2. The fourth-order valence-electron chi connectivity index (χ4n) is 3.39. The standard InChI is InChI=1S/C26H28N4O2/c1-29(2)15-16-30(19-21-9-7-20(18-27)8-10-21)25(31)13-14-28-26(32)24-12-11-22-5-3-4-6-23(22)17-24/h3-12,17H,13-16,19H2,1-2H3,(H,28,32). The van der Waals surface area contributed by atoms with Gasteiger partial charge in [-0.15, -0.1) is 0 Å². The lowest BCUT2D eigenvalue weighted by molar-refractivity contribution is -0.131. The molecule has 0 bridgehead atoms. The van der Waals surface area contributed by atoms with Crippen molar-refractivity contribution in [2.75, 3.05) is 33.7 Å². The normalized spacial score (nSPS) is 10.7. The van der Waals surface area contributed by atoms with Gasteiger partial charge in [-0.3, -0.25) is 9.59 Å². The van der Waals surface area contributed by atoms with Crippen LogP contribution in [0.1, 0.15) is 27.9 Å². The fourth-order valence-corrected chi connectivity index (χ4v) is 3.39. The number of nitriles is 1. The summed E-state index contributed by atoms with van der Waals surface area (Å²) in [4.78, 5) is 29.2. The Morgan fingerprint density at radius 1 is 0.938 bits per heavy atom. The predicted octanol–water partition coefficient (Wildman–Crippen LogP) is 3.42. The molecule has 0 radical (unpaired) electrons. The SMILES string of the molecule is CN(C)CCN(Cc1ccc(C#N)cc1)C(=O)CCNC(=O)c1ccc2ccccc2c1. The highest BCUT2D eigenvalue weighted by molar-refractivity contribution is 5.98. The molecule has 32 heavy (non-hydrogen) atoms. The van der Waals surface area contributed by atoms with Crippen LogP contribution in [0.2, 0.25) is 0 Å². The van der Waals surface area contributed by atoms with Gasteiger partial charge in [0.15, 0.2) is 0 Å². The van der Waals surface area contributed by atoms with Crippen LogP contribution in [0, 0.1) is 11.3 Å². The second kappa shape index (κ2) is 11.1. The number of rotatable bonds is 9. The van der Waals surface area contributed by atoms with E-state index in [0.29, 0.717) is 24.2 Å². The lowest BCUT2D eigenvalue weighted by Crippen LogP contribution is -2.38. The molecule has 0 spiro atoms. The Balaban J connectivity index is 1.57. The van der Waals surface area contributed by atoms with E-state index >= 15 is 0 Å². The van der Waals surface area contributed by atoms with Crippen LogP contribution in [0.3, 0.4) is 0 Å². The molecule has 0 aliphatic rings. The molecule has 0 aliphatic carbocycles. The third-order valence-electron chi connectivity index (χ3n) is 5.26. The van der Waals surface area contributed by atoms with Gasteiger partial charge in [0.25, 0.3) is 5.91 Å². The van der Waals surface area contributed by atoms with E-state index in [0.717, 1.165) is 22.9 Å². The Morgan fingerprint density at radius 2 is 1.66 bits per heavy atom. The van der Waals surface area contributed by atoms with Gasteiger partial charge in [-0.2, -0.15) is 5.26 Å². The minimum atomic E-state index is -0.185. The summed E-state index contributed by atoms with van der Waals surface area (Å²) in [5, 5.41) is 13.9. The van der Waals surface area contributed by atoms with Crippen LogP contribution in [-0.2, 0) is 11.3 Å². The summed E-state index contributed by atoms with van der Waals surface area (Å²) in [6, 6.07) is 22.8. The predicted molar refractivity (Wildman–Crippen MR) is 126 cm³/mol. The molecular weight excluding hydrogens is 400 g/mol. The molecule has 6 nitrogen and oxygen atoms in total. The maximum Gasteiger partial charge on any atom is 0.251 e. The lowest BCUT2D eigenvalue weighted by Gasteiger charge is -2.25. The van der Waals surface area contributed by atoms with Crippen LogP contribution < -0.4 is 5.32 Å². The monoisotopic (exact) mass is 428 g/mol. The van der Waals surface area contributed by atoms with E-state index in [9.17, 15) is 9.59 Å². The van der Waals surface area contributed by atoms with E-state index in [1.807, 2.05) is 67.5 Å². The average Bonchev–Trinajstić information content (AvgIpc) is 2.81. The van der Waals surface area contributed by atoms with E-state index in [1.54, 1.807) is 23.1 Å². The van der Waals surface area contributed by atoms with E-state index in [4.69, 9.17) is 5.26 Å². The highest BCUT2D eigenvalue weighted by atomic mass is 16.2. The molecule has 2 amide bonds. The Kier molecular flexibility index (Phi) is 7.96. The molecule has 0 fully saturated rings. The minimum absolute atomic E-state index is 0.0185. The molecule has 0 unspecified atom stereocenters. The third kappa shape index (κ3) is 6.40. The summed E-state index contributed by atoms with van der Waals surface area (Å²) in [6.07, 6.45) is 0.225. The first kappa shape index (κ1) is 23.0. The van der Waals surface area contributed by atoms with E-state index in [2.05, 4.69) is 11.4 Å². The van der Waals surface area contributed by atoms with E-state index in [1.165, 1.54) is 0 Å². The van der Waals surface area contributed by atoms with Crippen molar-refractivity contribution in [3.63, 3.8) is 0 Å². The maximum atomic E-state index is 12.9. The third-order valence-corrected chi connectivity index (χ3v) is 5.26. The second-order valence-corrected chi connectivity index (χ2v) is 8.00. The Labute approximate surface area is 189 Å². The summed E-state index contributed by atoms with van der Waals surface area (Å²) < 4.78 is 0. The van der Waals surface area contributed by atoms with Crippen molar-refractivity contribution in [2.45, 2.75) is 13.0 Å². The molecule has 0 aromatic heterocycles. The Morgan fingerprint density at radius 3 is 2.34 bits per heavy atom. The number of hydrogen-bond donors (Lipinski definition) is 1. The highest BCUT2D eigenvalue weighted by Crippen LogP contribution is 2.15. The van der Waals surface area contributed by atoms with Crippen molar-refractivity contribution in [1.82, 2.24) is 15.1 Å². The zero-order chi connectivity index (χ0) is 22.9. The molecule has 6 heteroatoms. The van der Waals surface area contributed by atoms with Gasteiger partial charge >= 0.3 is 0 Å². The number of benzene rings is 3. The van der Waals surface area contributed by atoms with Gasteiger partial charge in [-0.25, -0.2) is 0 Å². The summed E-state index contributed by atoms with van der Waals surface area (Å²) >= 11 is 0. The molecule has 0 aliphatic heterocycles. The van der Waals surface area contributed by atoms with Crippen molar-refractivity contribution < 1.29 is 9.59 Å². The zero-order valence-electron chi connectivity index (χ0n) is 18.5. The van der Waals surface area contributed by atoms with Crippen LogP contribution in [0.5, 0.6) is 0 Å². The zero-order valence-corrected chi connectivity index (χ0v) is 18.5. The molecule has 0 saturated heterocycles. The maximum absolute atomic E-state index is 12.9. The van der Waals surface area contributed by atoms with Crippen molar-refractivity contribution >= 4 is 22.6 Å². The van der Waals surface area contributed by atoms with Gasteiger partial charge < -0.3 is 15.1 Å². The average molecular weight is 429 g/mol. The molecule has 164 valence electrons. The Hall–Kier alpha value is -3.69. The van der Waals surface area contributed by atoms with Crippen molar-refractivity contribution in [3.8, 4) is 6.07 Å². The molecule has 0 atom stereocenters. The summed E-state index contributed by atoms with van der Waals surface area (Å²) in [5.41, 5.74) is 2.14. The summed E-state index contributed by atoms with van der Waals surface area (Å²) in [6.45, 7) is 2.07. The number of carbonyl (C=O) groups is 2. The minimum Gasteiger partial charge on any atom is -0.352 e. The molecule has 3 aromatic rings. The number of amides is 2. The topological polar surface area (TPSA) is 76.4 Å². The molecule has 0 heterocycles. The van der Waals surface area contributed by atoms with Crippen molar-refractivity contribution in [3.05, 3.63) is 83.4 Å². The number of likely N-dealkylation sites (N-methyl/N-ethyl adjacent to an activating group) is 1. The van der Waals surface area contributed by atoms with Crippen LogP contribution in [0.4, 0.5) is 0 Å². The molecule has 1 N–H and O–H groups in total. The second-order valence-electron chi connectivity index (χ2n) is 8.00. The van der Waals surface area contributed by atoms with Crippen LogP contribution >= 0.6 is 0 Å². The summed E-state index contributed by atoms with van der Waals surface area (Å²) in [7, 11) is 3.93. The highest BCUT2D eigenvalue weighted by Gasteiger charge is 2.15. The van der Waals surface area contributed by atoms with Gasteiger partial charge in [0.2, 0.25) is 5.91 Å². The largest absolute Gasteiger partial charge is 0.352 e. The molecule has 3 rings (SSSR count). The molecular formula is C26H28N4O2. The molecule has 0 saturated carbocycles. The van der Waals surface area contributed by atoms with Crippen molar-refractivity contribution in [1.29, 1.82) is 5.26 Å². The van der Waals surface area contributed by atoms with Gasteiger partial charge in [0, 0.05) is 38.2 Å². The first-order valence-electron chi connectivity index (χ1n) is 10.6. The fraction of sp³-hybridized carbons (Fsp3) is 0.269. The Bertz CT molecular complexity index is 1120. The number of fused-ring (bicyclic) bond motifs is 1. The first-order valence-corrected chi connectivity index (χ1v) is 10.6. The molecule has 3 aromatic carbocycles. The van der Waals surface area contributed by atoms with Gasteiger partial charge in [0.1, 0.15) is 0 Å².